The Bertz CT molecular complexity index is 849. The molecule has 0 saturated carbocycles. The van der Waals surface area contributed by atoms with Crippen molar-refractivity contribution in [1.29, 1.82) is 0 Å². The summed E-state index contributed by atoms with van der Waals surface area (Å²) in [6.45, 7) is 4.82. The Hall–Kier alpha value is -2.82. The van der Waals surface area contributed by atoms with E-state index < -0.39 is 5.54 Å². The largest absolute Gasteiger partial charge is 0.497 e. The van der Waals surface area contributed by atoms with Gasteiger partial charge in [-0.1, -0.05) is 37.3 Å². The third-order valence-corrected chi connectivity index (χ3v) is 5.15. The van der Waals surface area contributed by atoms with Crippen LogP contribution in [-0.2, 0) is 17.8 Å². The number of methoxy groups -OCH3 is 1. The van der Waals surface area contributed by atoms with Gasteiger partial charge in [0.15, 0.2) is 0 Å². The lowest BCUT2D eigenvalue weighted by Crippen LogP contribution is -2.62. The maximum Gasteiger partial charge on any atom is 0.255 e. The number of carbonyl (C=O) groups is 2. The van der Waals surface area contributed by atoms with Crippen LogP contribution in [-0.4, -0.2) is 35.9 Å². The van der Waals surface area contributed by atoms with E-state index >= 15 is 0 Å². The average molecular weight is 366 g/mol. The molecule has 1 atom stereocenters. The highest BCUT2D eigenvalue weighted by molar-refractivity contribution is 6.02. The molecule has 0 radical (unpaired) electrons. The molecule has 27 heavy (non-hydrogen) atoms. The Morgan fingerprint density at radius 2 is 2.00 bits per heavy atom. The zero-order valence-electron chi connectivity index (χ0n) is 16.1. The van der Waals surface area contributed by atoms with Crippen LogP contribution in [0.5, 0.6) is 5.75 Å². The van der Waals surface area contributed by atoms with Gasteiger partial charge in [0.05, 0.1) is 7.11 Å². The number of amides is 2. The van der Waals surface area contributed by atoms with Crippen molar-refractivity contribution in [1.82, 2.24) is 10.2 Å². The Kier molecular flexibility index (Phi) is 5.49. The Morgan fingerprint density at radius 1 is 1.22 bits per heavy atom. The van der Waals surface area contributed by atoms with Crippen molar-refractivity contribution in [2.24, 2.45) is 0 Å². The number of rotatable bonds is 6. The van der Waals surface area contributed by atoms with E-state index in [4.69, 9.17) is 4.74 Å². The van der Waals surface area contributed by atoms with Crippen molar-refractivity contribution in [2.75, 3.05) is 13.7 Å². The summed E-state index contributed by atoms with van der Waals surface area (Å²) in [5, 5.41) is 3.01. The quantitative estimate of drug-likeness (QED) is 0.854. The monoisotopic (exact) mass is 366 g/mol. The second-order valence-electron chi connectivity index (χ2n) is 7.10. The van der Waals surface area contributed by atoms with Crippen LogP contribution in [0.1, 0.15) is 41.8 Å². The summed E-state index contributed by atoms with van der Waals surface area (Å²) >= 11 is 0. The maximum atomic E-state index is 13.2. The highest BCUT2D eigenvalue weighted by Crippen LogP contribution is 2.31. The Morgan fingerprint density at radius 3 is 2.74 bits per heavy atom. The minimum atomic E-state index is -0.902. The molecule has 0 unspecified atom stereocenters. The normalized spacial score (nSPS) is 18.8. The summed E-state index contributed by atoms with van der Waals surface area (Å²) < 4.78 is 5.23. The van der Waals surface area contributed by atoms with E-state index in [1.54, 1.807) is 12.0 Å². The maximum absolute atomic E-state index is 13.2. The van der Waals surface area contributed by atoms with Crippen molar-refractivity contribution in [2.45, 2.75) is 38.8 Å². The molecule has 0 spiro atoms. The van der Waals surface area contributed by atoms with Crippen LogP contribution in [0.3, 0.4) is 0 Å². The molecule has 0 aliphatic carbocycles. The Balaban J connectivity index is 1.83. The van der Waals surface area contributed by atoms with Crippen LogP contribution in [0.25, 0.3) is 0 Å². The van der Waals surface area contributed by atoms with E-state index in [1.807, 2.05) is 62.4 Å². The second-order valence-corrected chi connectivity index (χ2v) is 7.10. The predicted molar refractivity (Wildman–Crippen MR) is 105 cm³/mol. The average Bonchev–Trinajstić information content (AvgIpc) is 2.69. The molecular formula is C22H26N2O3. The molecule has 2 aromatic rings. The van der Waals surface area contributed by atoms with Gasteiger partial charge in [0.25, 0.3) is 5.91 Å². The van der Waals surface area contributed by atoms with Crippen LogP contribution in [0, 0.1) is 0 Å². The smallest absolute Gasteiger partial charge is 0.255 e. The van der Waals surface area contributed by atoms with Crippen molar-refractivity contribution < 1.29 is 14.3 Å². The van der Waals surface area contributed by atoms with E-state index in [-0.39, 0.29) is 11.8 Å². The van der Waals surface area contributed by atoms with Gasteiger partial charge in [-0.25, -0.2) is 0 Å². The zero-order valence-corrected chi connectivity index (χ0v) is 16.1. The molecule has 2 aromatic carbocycles. The van der Waals surface area contributed by atoms with Gasteiger partial charge in [0.1, 0.15) is 11.3 Å². The van der Waals surface area contributed by atoms with Crippen LogP contribution in [0.4, 0.5) is 0 Å². The van der Waals surface area contributed by atoms with Gasteiger partial charge in [0, 0.05) is 25.1 Å². The number of hydrogen-bond acceptors (Lipinski definition) is 3. The molecule has 142 valence electrons. The summed E-state index contributed by atoms with van der Waals surface area (Å²) in [5.74, 6) is 0.543. The third-order valence-electron chi connectivity index (χ3n) is 5.15. The van der Waals surface area contributed by atoms with Crippen LogP contribution in [0.15, 0.2) is 48.5 Å². The number of hydrogen-bond donors (Lipinski definition) is 1. The topological polar surface area (TPSA) is 58.6 Å². The molecule has 3 rings (SSSR count). The van der Waals surface area contributed by atoms with Crippen molar-refractivity contribution in [3.8, 4) is 5.75 Å². The molecule has 0 aromatic heterocycles. The molecular weight excluding hydrogens is 340 g/mol. The number of ether oxygens (including phenoxy) is 1. The second kappa shape index (κ2) is 7.82. The Labute approximate surface area is 160 Å². The van der Waals surface area contributed by atoms with Crippen molar-refractivity contribution in [3.63, 3.8) is 0 Å². The molecule has 1 aliphatic heterocycles. The molecule has 1 aliphatic rings. The molecule has 0 saturated heterocycles. The first-order chi connectivity index (χ1) is 13.0. The van der Waals surface area contributed by atoms with E-state index in [9.17, 15) is 9.59 Å². The summed E-state index contributed by atoms with van der Waals surface area (Å²) in [6.07, 6.45) is 1.31. The first-order valence-electron chi connectivity index (χ1n) is 9.30. The molecule has 0 bridgehead atoms. The minimum Gasteiger partial charge on any atom is -0.497 e. The van der Waals surface area contributed by atoms with Gasteiger partial charge < -0.3 is 15.0 Å². The first-order valence-corrected chi connectivity index (χ1v) is 9.30. The number of nitrogens with zero attached hydrogens (tertiary/aromatic N) is 1. The van der Waals surface area contributed by atoms with E-state index in [1.165, 1.54) is 0 Å². The van der Waals surface area contributed by atoms with Crippen molar-refractivity contribution in [3.05, 3.63) is 65.2 Å². The highest BCUT2D eigenvalue weighted by Gasteiger charge is 2.46. The van der Waals surface area contributed by atoms with E-state index in [2.05, 4.69) is 5.32 Å². The third kappa shape index (κ3) is 3.68. The van der Waals surface area contributed by atoms with Crippen molar-refractivity contribution >= 4 is 11.8 Å². The van der Waals surface area contributed by atoms with Crippen LogP contribution < -0.4 is 10.1 Å². The molecule has 5 heteroatoms. The van der Waals surface area contributed by atoms with Gasteiger partial charge >= 0.3 is 0 Å². The number of nitrogens with one attached hydrogen (secondary N) is 1. The fourth-order valence-electron chi connectivity index (χ4n) is 3.65. The lowest BCUT2D eigenvalue weighted by atomic mass is 9.82. The van der Waals surface area contributed by atoms with Gasteiger partial charge in [-0.05, 0) is 42.7 Å². The SMILES string of the molecule is CCCN1C(=O)c2ccccc2C[C@]1(C)C(=O)NCc1cccc(OC)c1. The zero-order chi connectivity index (χ0) is 19.4. The lowest BCUT2D eigenvalue weighted by molar-refractivity contribution is -0.131. The minimum absolute atomic E-state index is 0.0715. The molecule has 5 nitrogen and oxygen atoms in total. The molecule has 0 fully saturated rings. The summed E-state index contributed by atoms with van der Waals surface area (Å²) in [4.78, 5) is 27.9. The van der Waals surface area contributed by atoms with Gasteiger partial charge in [-0.15, -0.1) is 0 Å². The summed E-state index contributed by atoms with van der Waals surface area (Å²) in [7, 11) is 1.62. The van der Waals surface area contributed by atoms with Gasteiger partial charge in [-0.3, -0.25) is 9.59 Å². The van der Waals surface area contributed by atoms with Crippen LogP contribution >= 0.6 is 0 Å². The molecule has 1 N–H and O–H groups in total. The predicted octanol–water partition coefficient (Wildman–Crippen LogP) is 3.18. The lowest BCUT2D eigenvalue weighted by Gasteiger charge is -2.44. The highest BCUT2D eigenvalue weighted by atomic mass is 16.5. The molecule has 1 heterocycles. The molecule has 2 amide bonds. The summed E-state index contributed by atoms with van der Waals surface area (Å²) in [5.41, 5.74) is 1.68. The van der Waals surface area contributed by atoms with E-state index in [0.29, 0.717) is 25.1 Å². The van der Waals surface area contributed by atoms with Gasteiger partial charge in [0.2, 0.25) is 5.91 Å². The number of benzene rings is 2. The van der Waals surface area contributed by atoms with E-state index in [0.717, 1.165) is 23.3 Å². The fraction of sp³-hybridized carbons (Fsp3) is 0.364. The number of fused-ring (bicyclic) bond motifs is 1. The first kappa shape index (κ1) is 19.0. The fourth-order valence-corrected chi connectivity index (χ4v) is 3.65. The number of carbonyl (C=O) groups excluding carboxylic acids is 2. The summed E-state index contributed by atoms with van der Waals surface area (Å²) in [6, 6.07) is 15.2. The van der Waals surface area contributed by atoms with Gasteiger partial charge in [-0.2, -0.15) is 0 Å². The standard InChI is InChI=1S/C22H26N2O3/c1-4-12-24-20(25)19-11-6-5-9-17(19)14-22(24,2)21(26)23-15-16-8-7-10-18(13-16)27-3/h5-11,13H,4,12,14-15H2,1-3H3,(H,23,26)/t22-/m1/s1. The van der Waals surface area contributed by atoms with Crippen LogP contribution in [0.2, 0.25) is 0 Å².